The highest BCUT2D eigenvalue weighted by molar-refractivity contribution is 7.88. The third-order valence-electron chi connectivity index (χ3n) is 3.32. The highest BCUT2D eigenvalue weighted by atomic mass is 32.2. The van der Waals surface area contributed by atoms with Gasteiger partial charge in [0.1, 0.15) is 0 Å². The first-order chi connectivity index (χ1) is 9.44. The van der Waals surface area contributed by atoms with E-state index in [1.807, 2.05) is 11.4 Å². The van der Waals surface area contributed by atoms with Crippen LogP contribution in [0.1, 0.15) is 24.1 Å². The molecule has 1 aliphatic heterocycles. The molecular weight excluding hydrogens is 296 g/mol. The molecule has 2 heterocycles. The molecule has 0 saturated carbocycles. The first-order valence-corrected chi connectivity index (χ1v) is 9.48. The molecule has 0 radical (unpaired) electrons. The maximum Gasteiger partial charge on any atom is 0.222 e. The maximum absolute atomic E-state index is 12.0. The zero-order chi connectivity index (χ0) is 14.6. The van der Waals surface area contributed by atoms with Crippen molar-refractivity contribution in [1.29, 1.82) is 0 Å². The van der Waals surface area contributed by atoms with Gasteiger partial charge in [-0.05, 0) is 30.7 Å². The molecule has 0 spiro atoms. The summed E-state index contributed by atoms with van der Waals surface area (Å²) in [6.45, 7) is 1.13. The van der Waals surface area contributed by atoms with E-state index < -0.39 is 10.0 Å². The van der Waals surface area contributed by atoms with E-state index in [1.165, 1.54) is 4.88 Å². The number of aryl methyl sites for hydroxylation is 1. The van der Waals surface area contributed by atoms with E-state index in [9.17, 15) is 13.2 Å². The molecule has 1 N–H and O–H groups in total. The highest BCUT2D eigenvalue weighted by Crippen LogP contribution is 2.15. The predicted molar refractivity (Wildman–Crippen MR) is 80.2 cm³/mol. The summed E-state index contributed by atoms with van der Waals surface area (Å²) in [4.78, 5) is 15.1. The van der Waals surface area contributed by atoms with Gasteiger partial charge >= 0.3 is 0 Å². The summed E-state index contributed by atoms with van der Waals surface area (Å²) in [5.74, 6) is 0.124. The SMILES string of the molecule is CS(=O)(=O)N[C@@H]1CCN(C(=O)CCCc2cccs2)C1. The van der Waals surface area contributed by atoms with E-state index in [0.29, 0.717) is 25.9 Å². The third-order valence-corrected chi connectivity index (χ3v) is 5.01. The van der Waals surface area contributed by atoms with Crippen molar-refractivity contribution in [3.8, 4) is 0 Å². The van der Waals surface area contributed by atoms with Crippen LogP contribution in [0.3, 0.4) is 0 Å². The zero-order valence-electron chi connectivity index (χ0n) is 11.5. The maximum atomic E-state index is 12.0. The standard InChI is InChI=1S/C13H20N2O3S2/c1-20(17,18)14-11-7-8-15(10-11)13(16)6-2-4-12-5-3-9-19-12/h3,5,9,11,14H,2,4,6-8,10H2,1H3/t11-/m1/s1. The van der Waals surface area contributed by atoms with Crippen molar-refractivity contribution < 1.29 is 13.2 Å². The molecule has 2 rings (SSSR count). The van der Waals surface area contributed by atoms with Crippen molar-refractivity contribution in [2.24, 2.45) is 0 Å². The fraction of sp³-hybridized carbons (Fsp3) is 0.615. The first kappa shape index (κ1) is 15.5. The number of likely N-dealkylation sites (tertiary alicyclic amines) is 1. The fourth-order valence-corrected chi connectivity index (χ4v) is 3.96. The lowest BCUT2D eigenvalue weighted by Crippen LogP contribution is -2.37. The van der Waals surface area contributed by atoms with Crippen LogP contribution < -0.4 is 4.72 Å². The second-order valence-electron chi connectivity index (χ2n) is 5.15. The Labute approximate surface area is 124 Å². The Bertz CT molecular complexity index is 540. The number of sulfonamides is 1. The molecule has 7 heteroatoms. The van der Waals surface area contributed by atoms with Crippen LogP contribution in [0.5, 0.6) is 0 Å². The van der Waals surface area contributed by atoms with Gasteiger partial charge in [0.15, 0.2) is 0 Å². The van der Waals surface area contributed by atoms with Gasteiger partial charge in [0.2, 0.25) is 15.9 Å². The molecule has 1 aromatic heterocycles. The summed E-state index contributed by atoms with van der Waals surface area (Å²) < 4.78 is 24.9. The van der Waals surface area contributed by atoms with Gasteiger partial charge in [0, 0.05) is 30.4 Å². The third kappa shape index (κ3) is 4.88. The summed E-state index contributed by atoms with van der Waals surface area (Å²) in [6, 6.07) is 3.96. The summed E-state index contributed by atoms with van der Waals surface area (Å²) in [7, 11) is -3.19. The largest absolute Gasteiger partial charge is 0.341 e. The minimum Gasteiger partial charge on any atom is -0.341 e. The lowest BCUT2D eigenvalue weighted by atomic mass is 10.2. The smallest absolute Gasteiger partial charge is 0.222 e. The lowest BCUT2D eigenvalue weighted by molar-refractivity contribution is -0.130. The van der Waals surface area contributed by atoms with E-state index in [4.69, 9.17) is 0 Å². The number of carbonyl (C=O) groups is 1. The molecule has 1 aliphatic rings. The van der Waals surface area contributed by atoms with Crippen LogP contribution in [0, 0.1) is 0 Å². The molecule has 1 aromatic rings. The highest BCUT2D eigenvalue weighted by Gasteiger charge is 2.27. The van der Waals surface area contributed by atoms with Gasteiger partial charge in [-0.15, -0.1) is 11.3 Å². The average Bonchev–Trinajstić information content (AvgIpc) is 2.98. The average molecular weight is 316 g/mol. The Balaban J connectivity index is 1.71. The molecule has 1 amide bonds. The van der Waals surface area contributed by atoms with Crippen molar-refractivity contribution in [2.45, 2.75) is 31.7 Å². The molecule has 1 fully saturated rings. The molecular formula is C13H20N2O3S2. The molecule has 0 bridgehead atoms. The molecule has 1 saturated heterocycles. The summed E-state index contributed by atoms with van der Waals surface area (Å²) in [5, 5.41) is 2.04. The van der Waals surface area contributed by atoms with Gasteiger partial charge < -0.3 is 4.90 Å². The van der Waals surface area contributed by atoms with Gasteiger partial charge in [0.05, 0.1) is 6.26 Å². The molecule has 5 nitrogen and oxygen atoms in total. The molecule has 112 valence electrons. The van der Waals surface area contributed by atoms with Gasteiger partial charge in [-0.2, -0.15) is 0 Å². The van der Waals surface area contributed by atoms with Gasteiger partial charge in [-0.3, -0.25) is 4.79 Å². The number of hydrogen-bond donors (Lipinski definition) is 1. The second-order valence-corrected chi connectivity index (χ2v) is 7.96. The van der Waals surface area contributed by atoms with Crippen LogP contribution in [0.4, 0.5) is 0 Å². The van der Waals surface area contributed by atoms with E-state index in [1.54, 1.807) is 16.2 Å². The molecule has 20 heavy (non-hydrogen) atoms. The van der Waals surface area contributed by atoms with Gasteiger partial charge in [0.25, 0.3) is 0 Å². The number of nitrogens with zero attached hydrogens (tertiary/aromatic N) is 1. The van der Waals surface area contributed by atoms with Crippen LogP contribution >= 0.6 is 11.3 Å². The van der Waals surface area contributed by atoms with E-state index in [-0.39, 0.29) is 11.9 Å². The number of rotatable bonds is 6. The van der Waals surface area contributed by atoms with Crippen LogP contribution in [0.15, 0.2) is 17.5 Å². The summed E-state index contributed by atoms with van der Waals surface area (Å²) in [6.07, 6.45) is 4.16. The Kier molecular flexibility index (Phi) is 5.17. The Hall–Kier alpha value is -0.920. The van der Waals surface area contributed by atoms with E-state index in [0.717, 1.165) is 19.1 Å². The molecule has 0 aromatic carbocycles. The number of amides is 1. The summed E-state index contributed by atoms with van der Waals surface area (Å²) >= 11 is 1.71. The second kappa shape index (κ2) is 6.69. The molecule has 0 unspecified atom stereocenters. The number of carbonyl (C=O) groups excluding carboxylic acids is 1. The van der Waals surface area contributed by atoms with Crippen molar-refractivity contribution >= 4 is 27.3 Å². The predicted octanol–water partition coefficient (Wildman–Crippen LogP) is 1.22. The van der Waals surface area contributed by atoms with Gasteiger partial charge in [-0.1, -0.05) is 6.07 Å². The van der Waals surface area contributed by atoms with Gasteiger partial charge in [-0.25, -0.2) is 13.1 Å². The molecule has 1 atom stereocenters. The lowest BCUT2D eigenvalue weighted by Gasteiger charge is -2.16. The van der Waals surface area contributed by atoms with E-state index in [2.05, 4.69) is 10.8 Å². The summed E-state index contributed by atoms with van der Waals surface area (Å²) in [5.41, 5.74) is 0. The first-order valence-electron chi connectivity index (χ1n) is 6.71. The Morgan fingerprint density at radius 2 is 2.35 bits per heavy atom. The number of nitrogens with one attached hydrogen (secondary N) is 1. The Morgan fingerprint density at radius 1 is 1.55 bits per heavy atom. The topological polar surface area (TPSA) is 66.5 Å². The van der Waals surface area contributed by atoms with Crippen molar-refractivity contribution in [3.63, 3.8) is 0 Å². The normalized spacial score (nSPS) is 19.4. The minimum absolute atomic E-state index is 0.124. The Morgan fingerprint density at radius 3 is 3.00 bits per heavy atom. The fourth-order valence-electron chi connectivity index (χ4n) is 2.41. The van der Waals surface area contributed by atoms with Crippen molar-refractivity contribution in [1.82, 2.24) is 9.62 Å². The van der Waals surface area contributed by atoms with Crippen molar-refractivity contribution in [3.05, 3.63) is 22.4 Å². The van der Waals surface area contributed by atoms with Crippen LogP contribution in [-0.2, 0) is 21.2 Å². The van der Waals surface area contributed by atoms with Crippen LogP contribution in [0.2, 0.25) is 0 Å². The number of hydrogen-bond acceptors (Lipinski definition) is 4. The zero-order valence-corrected chi connectivity index (χ0v) is 13.2. The molecule has 0 aliphatic carbocycles. The van der Waals surface area contributed by atoms with Crippen LogP contribution in [0.25, 0.3) is 0 Å². The number of thiophene rings is 1. The monoisotopic (exact) mass is 316 g/mol. The van der Waals surface area contributed by atoms with E-state index >= 15 is 0 Å². The van der Waals surface area contributed by atoms with Crippen molar-refractivity contribution in [2.75, 3.05) is 19.3 Å². The van der Waals surface area contributed by atoms with Crippen LogP contribution in [-0.4, -0.2) is 44.6 Å². The minimum atomic E-state index is -3.19. The quantitative estimate of drug-likeness (QED) is 0.858.